The molecule has 2 N–H and O–H groups in total. The molecule has 3 aromatic carbocycles. The lowest BCUT2D eigenvalue weighted by Crippen LogP contribution is -2.45. The van der Waals surface area contributed by atoms with Crippen LogP contribution in [0.3, 0.4) is 0 Å². The Morgan fingerprint density at radius 1 is 0.944 bits per heavy atom. The number of rotatable bonds is 7. The lowest BCUT2D eigenvalue weighted by atomic mass is 10.0. The Morgan fingerprint density at radius 3 is 2.22 bits per heavy atom. The van der Waals surface area contributed by atoms with Gasteiger partial charge < -0.3 is 15.0 Å². The van der Waals surface area contributed by atoms with E-state index in [2.05, 4.69) is 10.3 Å². The van der Waals surface area contributed by atoms with Crippen molar-refractivity contribution in [1.82, 2.24) is 14.5 Å². The Bertz CT molecular complexity index is 1480. The summed E-state index contributed by atoms with van der Waals surface area (Å²) in [6.07, 6.45) is 1.43. The number of carbonyl (C=O) groups is 4. The summed E-state index contributed by atoms with van der Waals surface area (Å²) in [6, 6.07) is 19.3. The molecule has 2 atom stereocenters. The summed E-state index contributed by atoms with van der Waals surface area (Å²) in [4.78, 5) is 55.5. The molecular weight excluding hydrogens is 460 g/mol. The van der Waals surface area contributed by atoms with Crippen molar-refractivity contribution in [2.24, 2.45) is 0 Å². The second kappa shape index (κ2) is 9.10. The second-order valence-electron chi connectivity index (χ2n) is 8.57. The smallest absolute Gasteiger partial charge is 0.305 e. The number of nitrogens with one attached hydrogen (secondary N) is 1. The van der Waals surface area contributed by atoms with Crippen LogP contribution in [0.4, 0.5) is 5.69 Å². The quantitative estimate of drug-likeness (QED) is 0.387. The molecule has 9 nitrogen and oxygen atoms in total. The van der Waals surface area contributed by atoms with Gasteiger partial charge in [0.05, 0.1) is 41.0 Å². The molecule has 0 bridgehead atoms. The molecular formula is C27H22N4O5. The van der Waals surface area contributed by atoms with Gasteiger partial charge in [-0.3, -0.25) is 24.1 Å². The molecule has 0 spiro atoms. The Morgan fingerprint density at radius 2 is 1.58 bits per heavy atom. The fourth-order valence-electron chi connectivity index (χ4n) is 4.49. The summed E-state index contributed by atoms with van der Waals surface area (Å²) in [6.45, 7) is 1.50. The average molecular weight is 482 g/mol. The maximum absolute atomic E-state index is 13.0. The number of carbonyl (C=O) groups excluding carboxylic acids is 3. The minimum Gasteiger partial charge on any atom is -0.481 e. The maximum Gasteiger partial charge on any atom is 0.305 e. The molecule has 5 rings (SSSR count). The molecule has 2 unspecified atom stereocenters. The number of nitrogens with zero attached hydrogens (tertiary/aromatic N) is 3. The van der Waals surface area contributed by atoms with Crippen LogP contribution >= 0.6 is 0 Å². The van der Waals surface area contributed by atoms with E-state index in [1.807, 2.05) is 30.3 Å². The molecule has 0 radical (unpaired) electrons. The highest BCUT2D eigenvalue weighted by atomic mass is 16.4. The number of fused-ring (bicyclic) bond motifs is 2. The van der Waals surface area contributed by atoms with Crippen LogP contribution in [0.25, 0.3) is 11.0 Å². The van der Waals surface area contributed by atoms with Gasteiger partial charge in [0.25, 0.3) is 11.8 Å². The minimum absolute atomic E-state index is 0.150. The van der Waals surface area contributed by atoms with Crippen LogP contribution in [0.5, 0.6) is 0 Å². The zero-order chi connectivity index (χ0) is 25.4. The fourth-order valence-corrected chi connectivity index (χ4v) is 4.49. The molecule has 0 saturated heterocycles. The molecule has 1 aliphatic rings. The summed E-state index contributed by atoms with van der Waals surface area (Å²) >= 11 is 0. The van der Waals surface area contributed by atoms with E-state index in [1.54, 1.807) is 53.4 Å². The van der Waals surface area contributed by atoms with Gasteiger partial charge in [-0.05, 0) is 42.8 Å². The third-order valence-electron chi connectivity index (χ3n) is 6.32. The Labute approximate surface area is 206 Å². The van der Waals surface area contributed by atoms with Crippen molar-refractivity contribution in [2.45, 2.75) is 25.4 Å². The van der Waals surface area contributed by atoms with E-state index < -0.39 is 35.8 Å². The molecule has 0 aliphatic carbocycles. The SMILES string of the molecule is CC(C(=O)Nc1ccc2ncn(C(CC(=O)O)c3ccccc3)c2c1)N1C(=O)c2ccccc2C1=O. The van der Waals surface area contributed by atoms with Crippen molar-refractivity contribution in [3.63, 3.8) is 0 Å². The number of imide groups is 1. The van der Waals surface area contributed by atoms with E-state index in [9.17, 15) is 24.3 Å². The number of aromatic nitrogens is 2. The van der Waals surface area contributed by atoms with Gasteiger partial charge in [-0.2, -0.15) is 0 Å². The summed E-state index contributed by atoms with van der Waals surface area (Å²) in [7, 11) is 0. The van der Waals surface area contributed by atoms with Crippen molar-refractivity contribution in [3.8, 4) is 0 Å². The fraction of sp³-hybridized carbons (Fsp3) is 0.148. The van der Waals surface area contributed by atoms with E-state index in [0.717, 1.165) is 10.5 Å². The molecule has 180 valence electrons. The Kier molecular flexibility index (Phi) is 5.81. The van der Waals surface area contributed by atoms with Gasteiger partial charge in [0.1, 0.15) is 6.04 Å². The van der Waals surface area contributed by atoms with Crippen LogP contribution < -0.4 is 5.32 Å². The average Bonchev–Trinajstić information content (AvgIpc) is 3.41. The van der Waals surface area contributed by atoms with Crippen molar-refractivity contribution < 1.29 is 24.3 Å². The van der Waals surface area contributed by atoms with E-state index >= 15 is 0 Å². The number of aliphatic carboxylic acids is 1. The van der Waals surface area contributed by atoms with E-state index in [-0.39, 0.29) is 17.5 Å². The van der Waals surface area contributed by atoms with Crippen molar-refractivity contribution in [3.05, 3.63) is 95.8 Å². The van der Waals surface area contributed by atoms with Crippen LogP contribution in [0.1, 0.15) is 45.7 Å². The molecule has 0 saturated carbocycles. The molecule has 9 heteroatoms. The predicted octanol–water partition coefficient (Wildman–Crippen LogP) is 3.72. The third-order valence-corrected chi connectivity index (χ3v) is 6.32. The van der Waals surface area contributed by atoms with Crippen LogP contribution in [-0.2, 0) is 9.59 Å². The van der Waals surface area contributed by atoms with Crippen molar-refractivity contribution >= 4 is 40.4 Å². The summed E-state index contributed by atoms with van der Waals surface area (Å²) in [5.74, 6) is -2.50. The Balaban J connectivity index is 1.42. The van der Waals surface area contributed by atoms with Crippen LogP contribution in [0.2, 0.25) is 0 Å². The number of anilines is 1. The normalized spacial score (nSPS) is 14.5. The number of imidazole rings is 1. The van der Waals surface area contributed by atoms with Gasteiger partial charge in [0.2, 0.25) is 5.91 Å². The number of hydrogen-bond donors (Lipinski definition) is 2. The van der Waals surface area contributed by atoms with E-state index in [4.69, 9.17) is 0 Å². The lowest BCUT2D eigenvalue weighted by molar-refractivity contribution is -0.137. The van der Waals surface area contributed by atoms with Crippen molar-refractivity contribution in [2.75, 3.05) is 5.32 Å². The van der Waals surface area contributed by atoms with Crippen LogP contribution in [0.15, 0.2) is 79.1 Å². The monoisotopic (exact) mass is 482 g/mol. The highest BCUT2D eigenvalue weighted by molar-refractivity contribution is 6.23. The summed E-state index contributed by atoms with van der Waals surface area (Å²) in [5, 5.41) is 12.3. The third kappa shape index (κ3) is 4.00. The van der Waals surface area contributed by atoms with Gasteiger partial charge in [-0.15, -0.1) is 0 Å². The second-order valence-corrected chi connectivity index (χ2v) is 8.57. The number of carboxylic acids is 1. The number of benzene rings is 3. The van der Waals surface area contributed by atoms with Gasteiger partial charge in [0.15, 0.2) is 0 Å². The van der Waals surface area contributed by atoms with Gasteiger partial charge in [-0.1, -0.05) is 42.5 Å². The highest BCUT2D eigenvalue weighted by Crippen LogP contribution is 2.29. The first-order valence-electron chi connectivity index (χ1n) is 11.4. The first kappa shape index (κ1) is 23.0. The van der Waals surface area contributed by atoms with Gasteiger partial charge >= 0.3 is 5.97 Å². The largest absolute Gasteiger partial charge is 0.481 e. The van der Waals surface area contributed by atoms with Crippen LogP contribution in [-0.4, -0.2) is 49.3 Å². The lowest BCUT2D eigenvalue weighted by Gasteiger charge is -2.22. The zero-order valence-electron chi connectivity index (χ0n) is 19.3. The molecule has 3 amide bonds. The molecule has 1 aliphatic heterocycles. The minimum atomic E-state index is -1.04. The maximum atomic E-state index is 13.0. The molecule has 36 heavy (non-hydrogen) atoms. The molecule has 4 aromatic rings. The van der Waals surface area contributed by atoms with E-state index in [1.165, 1.54) is 6.92 Å². The first-order chi connectivity index (χ1) is 17.3. The topological polar surface area (TPSA) is 122 Å². The standard InChI is InChI=1S/C27H22N4O5/c1-16(31-26(35)19-9-5-6-10-20(19)27(31)36)25(34)29-18-11-12-21-23(13-18)30(15-28-21)22(14-24(32)33)17-7-3-2-4-8-17/h2-13,15-16,22H,14H2,1H3,(H,29,34)(H,32,33). The van der Waals surface area contributed by atoms with Gasteiger partial charge in [-0.25, -0.2) is 4.98 Å². The number of carboxylic acid groups (broad SMARTS) is 1. The molecule has 2 heterocycles. The zero-order valence-corrected chi connectivity index (χ0v) is 19.3. The predicted molar refractivity (Wildman–Crippen MR) is 132 cm³/mol. The number of amides is 3. The first-order valence-corrected chi connectivity index (χ1v) is 11.4. The summed E-state index contributed by atoms with van der Waals surface area (Å²) in [5.41, 5.74) is 3.06. The molecule has 1 aromatic heterocycles. The van der Waals surface area contributed by atoms with Gasteiger partial charge in [0, 0.05) is 5.69 Å². The Hall–Kier alpha value is -4.79. The molecule has 0 fully saturated rings. The van der Waals surface area contributed by atoms with Crippen LogP contribution in [0, 0.1) is 0 Å². The highest BCUT2D eigenvalue weighted by Gasteiger charge is 2.40. The summed E-state index contributed by atoms with van der Waals surface area (Å²) < 4.78 is 1.77. The van der Waals surface area contributed by atoms with Crippen molar-refractivity contribution in [1.29, 1.82) is 0 Å². The van der Waals surface area contributed by atoms with E-state index in [0.29, 0.717) is 16.7 Å². The number of hydrogen-bond acceptors (Lipinski definition) is 5.